The third kappa shape index (κ3) is 3.34. The third-order valence-corrected chi connectivity index (χ3v) is 5.08. The molecule has 0 aliphatic heterocycles. The van der Waals surface area contributed by atoms with Crippen LogP contribution in [0.5, 0.6) is 0 Å². The Labute approximate surface area is 147 Å². The van der Waals surface area contributed by atoms with Crippen LogP contribution in [0.1, 0.15) is 63.3 Å². The Kier molecular flexibility index (Phi) is 4.42. The lowest BCUT2D eigenvalue weighted by molar-refractivity contribution is 0.590. The molecule has 0 amide bonds. The molecule has 0 unspecified atom stereocenters. The fourth-order valence-corrected chi connectivity index (χ4v) is 3.71. The molecule has 2 aromatic carbocycles. The fourth-order valence-electron chi connectivity index (χ4n) is 3.71. The van der Waals surface area contributed by atoms with Gasteiger partial charge in [0.05, 0.1) is 0 Å². The lowest BCUT2D eigenvalue weighted by Gasteiger charge is -2.19. The van der Waals surface area contributed by atoms with Gasteiger partial charge in [-0.1, -0.05) is 82.7 Å². The molecule has 0 saturated heterocycles. The van der Waals surface area contributed by atoms with Crippen molar-refractivity contribution in [2.45, 2.75) is 59.8 Å². The summed E-state index contributed by atoms with van der Waals surface area (Å²) in [4.78, 5) is 0. The molecule has 3 rings (SSSR count). The van der Waals surface area contributed by atoms with Crippen molar-refractivity contribution in [1.82, 2.24) is 0 Å². The second-order valence-electron chi connectivity index (χ2n) is 8.73. The summed E-state index contributed by atoms with van der Waals surface area (Å²) < 4.78 is 0. The normalized spacial score (nSPS) is 14.0. The molecule has 0 heterocycles. The van der Waals surface area contributed by atoms with Crippen molar-refractivity contribution in [1.29, 1.82) is 0 Å². The van der Waals surface area contributed by atoms with E-state index < -0.39 is 0 Å². The molecule has 0 fully saturated rings. The quantitative estimate of drug-likeness (QED) is 0.574. The van der Waals surface area contributed by atoms with E-state index in [1.807, 2.05) is 0 Å². The standard InChI is InChI=1S/C24H30/c1-16(2)13-18-14-22-17(3)7-12-21(23(22)15-18)19-8-10-20(11-9-19)24(4,5)6/h7-12,15-16H,13-14H2,1-6H3. The maximum absolute atomic E-state index is 2.45. The second-order valence-corrected chi connectivity index (χ2v) is 8.73. The molecule has 0 saturated carbocycles. The average molecular weight is 319 g/mol. The summed E-state index contributed by atoms with van der Waals surface area (Å²) in [6.45, 7) is 13.7. The minimum atomic E-state index is 0.206. The minimum Gasteiger partial charge on any atom is -0.0649 e. The van der Waals surface area contributed by atoms with Crippen LogP contribution in [0.4, 0.5) is 0 Å². The van der Waals surface area contributed by atoms with Gasteiger partial charge in [0.2, 0.25) is 0 Å². The molecule has 0 N–H and O–H groups in total. The summed E-state index contributed by atoms with van der Waals surface area (Å²) >= 11 is 0. The van der Waals surface area contributed by atoms with Crippen molar-refractivity contribution in [3.05, 3.63) is 64.2 Å². The van der Waals surface area contributed by atoms with Crippen LogP contribution in [0, 0.1) is 12.8 Å². The summed E-state index contributed by atoms with van der Waals surface area (Å²) in [7, 11) is 0. The van der Waals surface area contributed by atoms with Crippen LogP contribution in [0.2, 0.25) is 0 Å². The predicted octanol–water partition coefficient (Wildman–Crippen LogP) is 6.95. The SMILES string of the molecule is Cc1ccc(-c2ccc(C(C)(C)C)cc2)c2c1CC(CC(C)C)=C2. The highest BCUT2D eigenvalue weighted by Gasteiger charge is 2.20. The highest BCUT2D eigenvalue weighted by atomic mass is 14.2. The Morgan fingerprint density at radius 2 is 1.62 bits per heavy atom. The first-order chi connectivity index (χ1) is 11.3. The number of benzene rings is 2. The van der Waals surface area contributed by atoms with E-state index in [4.69, 9.17) is 0 Å². The monoisotopic (exact) mass is 318 g/mol. The van der Waals surface area contributed by atoms with E-state index in [0.717, 1.165) is 12.3 Å². The highest BCUT2D eigenvalue weighted by molar-refractivity contribution is 5.81. The van der Waals surface area contributed by atoms with Gasteiger partial charge in [-0.3, -0.25) is 0 Å². The van der Waals surface area contributed by atoms with Crippen molar-refractivity contribution < 1.29 is 0 Å². The highest BCUT2D eigenvalue weighted by Crippen LogP contribution is 2.38. The van der Waals surface area contributed by atoms with E-state index in [-0.39, 0.29) is 5.41 Å². The number of fused-ring (bicyclic) bond motifs is 1. The lowest BCUT2D eigenvalue weighted by Crippen LogP contribution is -2.10. The molecule has 0 radical (unpaired) electrons. The molecule has 1 aliphatic carbocycles. The van der Waals surface area contributed by atoms with Gasteiger partial charge in [-0.05, 0) is 64.5 Å². The van der Waals surface area contributed by atoms with Gasteiger partial charge >= 0.3 is 0 Å². The largest absolute Gasteiger partial charge is 0.0649 e. The van der Waals surface area contributed by atoms with Crippen LogP contribution >= 0.6 is 0 Å². The molecule has 24 heavy (non-hydrogen) atoms. The van der Waals surface area contributed by atoms with Gasteiger partial charge in [-0.15, -0.1) is 0 Å². The first kappa shape index (κ1) is 17.0. The van der Waals surface area contributed by atoms with Crippen molar-refractivity contribution in [2.24, 2.45) is 5.92 Å². The molecular weight excluding hydrogens is 288 g/mol. The van der Waals surface area contributed by atoms with Gasteiger partial charge in [0, 0.05) is 0 Å². The summed E-state index contributed by atoms with van der Waals surface area (Å²) in [5, 5.41) is 0. The van der Waals surface area contributed by atoms with Gasteiger partial charge in [-0.2, -0.15) is 0 Å². The number of aryl methyl sites for hydroxylation is 1. The van der Waals surface area contributed by atoms with Crippen LogP contribution in [0.3, 0.4) is 0 Å². The molecule has 0 atom stereocenters. The molecule has 0 heteroatoms. The zero-order chi connectivity index (χ0) is 17.5. The molecule has 126 valence electrons. The number of allylic oxidation sites excluding steroid dienone is 1. The first-order valence-corrected chi connectivity index (χ1v) is 9.18. The van der Waals surface area contributed by atoms with Crippen LogP contribution in [-0.4, -0.2) is 0 Å². The second kappa shape index (κ2) is 6.24. The Hall–Kier alpha value is -1.82. The summed E-state index contributed by atoms with van der Waals surface area (Å²) in [6.07, 6.45) is 4.79. The van der Waals surface area contributed by atoms with E-state index in [0.29, 0.717) is 0 Å². The summed E-state index contributed by atoms with van der Waals surface area (Å²) in [6, 6.07) is 13.7. The molecule has 0 nitrogen and oxygen atoms in total. The number of hydrogen-bond donors (Lipinski definition) is 0. The molecule has 2 aromatic rings. The summed E-state index contributed by atoms with van der Waals surface area (Å²) in [5.41, 5.74) is 10.3. The maximum atomic E-state index is 2.45. The van der Waals surface area contributed by atoms with Crippen LogP contribution in [-0.2, 0) is 11.8 Å². The van der Waals surface area contributed by atoms with Crippen molar-refractivity contribution in [2.75, 3.05) is 0 Å². The van der Waals surface area contributed by atoms with Crippen LogP contribution in [0.15, 0.2) is 42.0 Å². The van der Waals surface area contributed by atoms with Gasteiger partial charge in [-0.25, -0.2) is 0 Å². The van der Waals surface area contributed by atoms with E-state index in [2.05, 4.69) is 84.0 Å². The Bertz CT molecular complexity index is 765. The summed E-state index contributed by atoms with van der Waals surface area (Å²) in [5.74, 6) is 0.723. The smallest absolute Gasteiger partial charge is 0.00549 e. The van der Waals surface area contributed by atoms with Gasteiger partial charge in [0.1, 0.15) is 0 Å². The maximum Gasteiger partial charge on any atom is -0.00549 e. The van der Waals surface area contributed by atoms with Crippen LogP contribution in [0.25, 0.3) is 17.2 Å². The topological polar surface area (TPSA) is 0 Å². The third-order valence-electron chi connectivity index (χ3n) is 5.08. The van der Waals surface area contributed by atoms with E-state index in [9.17, 15) is 0 Å². The van der Waals surface area contributed by atoms with E-state index in [1.165, 1.54) is 39.8 Å². The minimum absolute atomic E-state index is 0.206. The zero-order valence-electron chi connectivity index (χ0n) is 16.0. The molecule has 0 spiro atoms. The van der Waals surface area contributed by atoms with Crippen molar-refractivity contribution >= 4 is 6.08 Å². The first-order valence-electron chi connectivity index (χ1n) is 9.18. The number of hydrogen-bond acceptors (Lipinski definition) is 0. The van der Waals surface area contributed by atoms with Crippen LogP contribution < -0.4 is 0 Å². The molecule has 0 aromatic heterocycles. The zero-order valence-corrected chi connectivity index (χ0v) is 16.0. The van der Waals surface area contributed by atoms with Gasteiger partial charge in [0.25, 0.3) is 0 Å². The molecule has 0 bridgehead atoms. The average Bonchev–Trinajstić information content (AvgIpc) is 2.90. The Morgan fingerprint density at radius 3 is 2.21 bits per heavy atom. The predicted molar refractivity (Wildman–Crippen MR) is 106 cm³/mol. The Balaban J connectivity index is 2.02. The van der Waals surface area contributed by atoms with Gasteiger partial charge in [0.15, 0.2) is 0 Å². The van der Waals surface area contributed by atoms with Crippen molar-refractivity contribution in [3.8, 4) is 11.1 Å². The molecule has 1 aliphatic rings. The van der Waals surface area contributed by atoms with E-state index >= 15 is 0 Å². The number of rotatable bonds is 3. The lowest BCUT2D eigenvalue weighted by atomic mass is 9.85. The Morgan fingerprint density at radius 1 is 0.958 bits per heavy atom. The van der Waals surface area contributed by atoms with Crippen molar-refractivity contribution in [3.63, 3.8) is 0 Å². The molecular formula is C24H30. The fraction of sp³-hybridized carbons (Fsp3) is 0.417. The van der Waals surface area contributed by atoms with Gasteiger partial charge < -0.3 is 0 Å². The van der Waals surface area contributed by atoms with E-state index in [1.54, 1.807) is 5.57 Å².